The Morgan fingerprint density at radius 2 is 1.24 bits per heavy atom. The highest BCUT2D eigenvalue weighted by molar-refractivity contribution is 6.01. The molecule has 7 heteroatoms. The van der Waals surface area contributed by atoms with Crippen molar-refractivity contribution in [2.45, 2.75) is 12.5 Å². The zero-order chi connectivity index (χ0) is 12.3. The second-order valence-corrected chi connectivity index (χ2v) is 4.47. The Labute approximate surface area is 94.7 Å². The van der Waals surface area contributed by atoms with E-state index in [4.69, 9.17) is 0 Å². The van der Waals surface area contributed by atoms with E-state index in [1.807, 2.05) is 0 Å². The van der Waals surface area contributed by atoms with Gasteiger partial charge in [0.15, 0.2) is 0 Å². The molecule has 0 radical (unpaired) electrons. The maximum Gasteiger partial charge on any atom is 0.320 e. The Hall–Kier alpha value is -1.76. The van der Waals surface area contributed by atoms with Crippen LogP contribution in [0, 0.1) is 23.7 Å². The van der Waals surface area contributed by atoms with Crippen molar-refractivity contribution in [1.29, 1.82) is 0 Å². The van der Waals surface area contributed by atoms with Crippen molar-refractivity contribution in [3.63, 3.8) is 0 Å². The Morgan fingerprint density at radius 1 is 0.824 bits per heavy atom. The lowest BCUT2D eigenvalue weighted by atomic mass is 9.68. The molecule has 1 N–H and O–H groups in total. The second-order valence-electron chi connectivity index (χ2n) is 4.47. The summed E-state index contributed by atoms with van der Waals surface area (Å²) < 4.78 is 8.83. The van der Waals surface area contributed by atoms with E-state index in [1.165, 1.54) is 0 Å². The number of ether oxygens (including phenoxy) is 2. The average Bonchev–Trinajstić information content (AvgIpc) is 2.68. The van der Waals surface area contributed by atoms with Crippen LogP contribution in [0.1, 0.15) is 6.42 Å². The number of cyclic esters (lactones) is 4. The lowest BCUT2D eigenvalue weighted by Gasteiger charge is -2.31. The first-order chi connectivity index (χ1) is 8.00. The number of rotatable bonds is 0. The van der Waals surface area contributed by atoms with E-state index in [9.17, 15) is 24.3 Å². The predicted octanol–water partition coefficient (Wildman–Crippen LogP) is -1.62. The van der Waals surface area contributed by atoms with Crippen LogP contribution < -0.4 is 0 Å². The van der Waals surface area contributed by atoms with Crippen molar-refractivity contribution in [1.82, 2.24) is 0 Å². The maximum absolute atomic E-state index is 11.4. The van der Waals surface area contributed by atoms with Crippen molar-refractivity contribution in [3.8, 4) is 0 Å². The minimum Gasteiger partial charge on any atom is -0.393 e. The van der Waals surface area contributed by atoms with Gasteiger partial charge in [-0.25, -0.2) is 0 Å². The monoisotopic (exact) mass is 240 g/mol. The first kappa shape index (κ1) is 10.4. The predicted molar refractivity (Wildman–Crippen MR) is 46.8 cm³/mol. The van der Waals surface area contributed by atoms with Gasteiger partial charge in [-0.05, 0) is 6.42 Å². The van der Waals surface area contributed by atoms with Gasteiger partial charge in [0, 0.05) is 0 Å². The van der Waals surface area contributed by atoms with Crippen LogP contribution in [0.15, 0.2) is 0 Å². The van der Waals surface area contributed by atoms with Crippen molar-refractivity contribution >= 4 is 23.9 Å². The van der Waals surface area contributed by atoms with Crippen LogP contribution in [-0.2, 0) is 28.7 Å². The van der Waals surface area contributed by atoms with E-state index in [1.54, 1.807) is 0 Å². The number of carbonyl (C=O) groups excluding carboxylic acids is 4. The largest absolute Gasteiger partial charge is 0.393 e. The molecule has 0 bridgehead atoms. The van der Waals surface area contributed by atoms with Crippen molar-refractivity contribution in [3.05, 3.63) is 0 Å². The summed E-state index contributed by atoms with van der Waals surface area (Å²) in [6.45, 7) is 0. The van der Waals surface area contributed by atoms with Crippen molar-refractivity contribution < 1.29 is 33.8 Å². The number of hydrogen-bond donors (Lipinski definition) is 1. The number of carbonyl (C=O) groups is 4. The Morgan fingerprint density at radius 3 is 1.65 bits per heavy atom. The molecule has 4 atom stereocenters. The molecule has 2 saturated heterocycles. The highest BCUT2D eigenvalue weighted by atomic mass is 16.6. The van der Waals surface area contributed by atoms with Crippen LogP contribution in [0.25, 0.3) is 0 Å². The van der Waals surface area contributed by atoms with E-state index >= 15 is 0 Å². The summed E-state index contributed by atoms with van der Waals surface area (Å²) in [6.07, 6.45) is -1.38. The van der Waals surface area contributed by atoms with Crippen LogP contribution in [0.4, 0.5) is 0 Å². The van der Waals surface area contributed by atoms with E-state index < -0.39 is 53.7 Å². The van der Waals surface area contributed by atoms with Gasteiger partial charge in [-0.2, -0.15) is 0 Å². The normalized spacial score (nSPS) is 44.2. The fourth-order valence-electron chi connectivity index (χ4n) is 2.84. The molecule has 3 rings (SSSR count). The van der Waals surface area contributed by atoms with E-state index in [2.05, 4.69) is 9.47 Å². The summed E-state index contributed by atoms with van der Waals surface area (Å²) in [5.74, 6) is -6.97. The fraction of sp³-hybridized carbons (Fsp3) is 0.600. The standard InChI is InChI=1S/C10H8O7/c11-6-4-2(7(12)16-9(4)14)1-3-5(6)10(15)17-8(3)13/h2-6,11H,1H2. The Balaban J connectivity index is 2.00. The molecule has 0 aromatic heterocycles. The number of esters is 4. The molecule has 0 spiro atoms. The molecule has 0 amide bonds. The van der Waals surface area contributed by atoms with Crippen LogP contribution >= 0.6 is 0 Å². The molecular formula is C10H8O7. The quantitative estimate of drug-likeness (QED) is 0.400. The molecule has 1 saturated carbocycles. The highest BCUT2D eigenvalue weighted by Crippen LogP contribution is 2.46. The topological polar surface area (TPSA) is 107 Å². The molecule has 7 nitrogen and oxygen atoms in total. The molecule has 3 aliphatic rings. The molecule has 90 valence electrons. The van der Waals surface area contributed by atoms with Gasteiger partial charge in [-0.3, -0.25) is 19.2 Å². The van der Waals surface area contributed by atoms with Gasteiger partial charge in [0.25, 0.3) is 0 Å². The number of aliphatic hydroxyl groups excluding tert-OH is 1. The van der Waals surface area contributed by atoms with Gasteiger partial charge in [0.1, 0.15) is 0 Å². The molecule has 0 aromatic carbocycles. The van der Waals surface area contributed by atoms with Gasteiger partial charge in [-0.15, -0.1) is 0 Å². The summed E-state index contributed by atoms with van der Waals surface area (Å²) >= 11 is 0. The summed E-state index contributed by atoms with van der Waals surface area (Å²) in [5.41, 5.74) is 0. The molecule has 4 unspecified atom stereocenters. The lowest BCUT2D eigenvalue weighted by molar-refractivity contribution is -0.155. The summed E-state index contributed by atoms with van der Waals surface area (Å²) in [7, 11) is 0. The summed E-state index contributed by atoms with van der Waals surface area (Å²) in [6, 6.07) is 0. The van der Waals surface area contributed by atoms with Crippen LogP contribution in [-0.4, -0.2) is 35.1 Å². The van der Waals surface area contributed by atoms with Gasteiger partial charge >= 0.3 is 23.9 Å². The van der Waals surface area contributed by atoms with Gasteiger partial charge in [0.2, 0.25) is 0 Å². The Kier molecular flexibility index (Phi) is 1.91. The minimum absolute atomic E-state index is 0.0154. The number of aliphatic hydroxyl groups is 1. The van der Waals surface area contributed by atoms with Crippen LogP contribution in [0.2, 0.25) is 0 Å². The average molecular weight is 240 g/mol. The highest BCUT2D eigenvalue weighted by Gasteiger charge is 2.62. The zero-order valence-electron chi connectivity index (χ0n) is 8.49. The molecule has 2 heterocycles. The lowest BCUT2D eigenvalue weighted by Crippen LogP contribution is -2.46. The molecule has 2 aliphatic heterocycles. The van der Waals surface area contributed by atoms with E-state index in [-0.39, 0.29) is 6.42 Å². The van der Waals surface area contributed by atoms with Crippen molar-refractivity contribution in [2.24, 2.45) is 23.7 Å². The van der Waals surface area contributed by atoms with Gasteiger partial charge in [-0.1, -0.05) is 0 Å². The summed E-state index contributed by atoms with van der Waals surface area (Å²) in [5, 5.41) is 9.92. The Bertz CT molecular complexity index is 414. The van der Waals surface area contributed by atoms with Gasteiger partial charge < -0.3 is 14.6 Å². The third-order valence-corrected chi connectivity index (χ3v) is 3.66. The molecule has 17 heavy (non-hydrogen) atoms. The van der Waals surface area contributed by atoms with E-state index in [0.29, 0.717) is 0 Å². The van der Waals surface area contributed by atoms with Gasteiger partial charge in [0.05, 0.1) is 29.8 Å². The third kappa shape index (κ3) is 1.20. The first-order valence-electron chi connectivity index (χ1n) is 5.20. The maximum atomic E-state index is 11.4. The third-order valence-electron chi connectivity index (χ3n) is 3.66. The summed E-state index contributed by atoms with van der Waals surface area (Å²) in [4.78, 5) is 45.4. The SMILES string of the molecule is O=C1OC(=O)C2C1CC1C(=O)OC(=O)C1C2O. The fourth-order valence-corrected chi connectivity index (χ4v) is 2.84. The van der Waals surface area contributed by atoms with Crippen LogP contribution in [0.3, 0.4) is 0 Å². The zero-order valence-corrected chi connectivity index (χ0v) is 8.49. The molecular weight excluding hydrogens is 232 g/mol. The second kappa shape index (κ2) is 3.13. The van der Waals surface area contributed by atoms with Crippen LogP contribution in [0.5, 0.6) is 0 Å². The molecule has 0 aromatic rings. The number of fused-ring (bicyclic) bond motifs is 2. The molecule has 3 fully saturated rings. The van der Waals surface area contributed by atoms with E-state index in [0.717, 1.165) is 0 Å². The molecule has 1 aliphatic carbocycles. The smallest absolute Gasteiger partial charge is 0.320 e. The van der Waals surface area contributed by atoms with Crippen molar-refractivity contribution in [2.75, 3.05) is 0 Å². The minimum atomic E-state index is -1.39. The first-order valence-corrected chi connectivity index (χ1v) is 5.20. The number of hydrogen-bond acceptors (Lipinski definition) is 7.